The highest BCUT2D eigenvalue weighted by Gasteiger charge is 2.26. The van der Waals surface area contributed by atoms with E-state index < -0.39 is 5.82 Å². The molecule has 1 aromatic rings. The van der Waals surface area contributed by atoms with E-state index in [1.807, 2.05) is 0 Å². The molecule has 1 aromatic carbocycles. The quantitative estimate of drug-likeness (QED) is 0.823. The van der Waals surface area contributed by atoms with Gasteiger partial charge in [0.2, 0.25) is 11.8 Å². The summed E-state index contributed by atoms with van der Waals surface area (Å²) in [5.41, 5.74) is 0.797. The van der Waals surface area contributed by atoms with Crippen LogP contribution in [0.2, 0.25) is 5.02 Å². The lowest BCUT2D eigenvalue weighted by molar-refractivity contribution is -0.136. The van der Waals surface area contributed by atoms with Crippen molar-refractivity contribution in [3.63, 3.8) is 0 Å². The zero-order valence-corrected chi connectivity index (χ0v) is 9.76. The Labute approximate surface area is 103 Å². The van der Waals surface area contributed by atoms with Crippen LogP contribution in [0.15, 0.2) is 18.2 Å². The topological polar surface area (TPSA) is 46.2 Å². The maximum Gasteiger partial charge on any atom is 0.230 e. The maximum atomic E-state index is 12.9. The van der Waals surface area contributed by atoms with E-state index in [0.717, 1.165) is 5.56 Å². The molecule has 1 fully saturated rings. The van der Waals surface area contributed by atoms with E-state index in [4.69, 9.17) is 11.6 Å². The Kier molecular flexibility index (Phi) is 3.43. The molecule has 0 spiro atoms. The van der Waals surface area contributed by atoms with Crippen LogP contribution in [0.3, 0.4) is 0 Å². The average Bonchev–Trinajstić information content (AvgIpc) is 2.27. The number of hydrogen-bond acceptors (Lipinski definition) is 2. The van der Waals surface area contributed by atoms with Gasteiger partial charge < -0.3 is 0 Å². The summed E-state index contributed by atoms with van der Waals surface area (Å²) >= 11 is 5.66. The smallest absolute Gasteiger partial charge is 0.230 e. The van der Waals surface area contributed by atoms with Gasteiger partial charge >= 0.3 is 0 Å². The molecule has 1 aliphatic heterocycles. The van der Waals surface area contributed by atoms with E-state index in [2.05, 4.69) is 5.32 Å². The van der Waals surface area contributed by atoms with Gasteiger partial charge in [-0.3, -0.25) is 14.9 Å². The third kappa shape index (κ3) is 2.82. The lowest BCUT2D eigenvalue weighted by atomic mass is 9.91. The van der Waals surface area contributed by atoms with Crippen LogP contribution >= 0.6 is 11.6 Å². The third-order valence-corrected chi connectivity index (χ3v) is 3.11. The summed E-state index contributed by atoms with van der Waals surface area (Å²) in [6, 6.07) is 4.40. The van der Waals surface area contributed by atoms with Gasteiger partial charge in [-0.2, -0.15) is 0 Å². The number of carbonyl (C=O) groups excluding carboxylic acids is 2. The minimum Gasteiger partial charge on any atom is -0.296 e. The number of rotatable bonds is 2. The van der Waals surface area contributed by atoms with Crippen LogP contribution in [-0.4, -0.2) is 11.8 Å². The third-order valence-electron chi connectivity index (χ3n) is 2.82. The van der Waals surface area contributed by atoms with Gasteiger partial charge in [-0.05, 0) is 30.5 Å². The number of halogens is 2. The number of benzene rings is 1. The number of hydrogen-bond donors (Lipinski definition) is 1. The second kappa shape index (κ2) is 4.84. The van der Waals surface area contributed by atoms with E-state index in [1.165, 1.54) is 12.1 Å². The number of amides is 2. The summed E-state index contributed by atoms with van der Waals surface area (Å²) < 4.78 is 12.9. The molecule has 17 heavy (non-hydrogen) atoms. The highest BCUT2D eigenvalue weighted by atomic mass is 35.5. The molecule has 5 heteroatoms. The molecule has 1 N–H and O–H groups in total. The lowest BCUT2D eigenvalue weighted by Crippen LogP contribution is -2.41. The number of piperidine rings is 1. The molecule has 1 saturated heterocycles. The van der Waals surface area contributed by atoms with Gasteiger partial charge in [0, 0.05) is 12.3 Å². The molecule has 0 aromatic heterocycles. The monoisotopic (exact) mass is 255 g/mol. The van der Waals surface area contributed by atoms with E-state index in [-0.39, 0.29) is 22.8 Å². The second-order valence-corrected chi connectivity index (χ2v) is 4.51. The summed E-state index contributed by atoms with van der Waals surface area (Å²) in [5.74, 6) is -1.21. The summed E-state index contributed by atoms with van der Waals surface area (Å²) in [6.45, 7) is 0. The van der Waals surface area contributed by atoms with Crippen molar-refractivity contribution in [2.75, 3.05) is 0 Å². The van der Waals surface area contributed by atoms with Crippen molar-refractivity contribution >= 4 is 23.4 Å². The van der Waals surface area contributed by atoms with Gasteiger partial charge in [-0.25, -0.2) is 4.39 Å². The van der Waals surface area contributed by atoms with Crippen molar-refractivity contribution in [2.45, 2.75) is 19.3 Å². The fraction of sp³-hybridized carbons (Fsp3) is 0.333. The largest absolute Gasteiger partial charge is 0.296 e. The van der Waals surface area contributed by atoms with Gasteiger partial charge in [-0.1, -0.05) is 17.7 Å². The highest BCUT2D eigenvalue weighted by Crippen LogP contribution is 2.21. The summed E-state index contributed by atoms with van der Waals surface area (Å²) in [5, 5.41) is 2.34. The first-order valence-corrected chi connectivity index (χ1v) is 5.71. The second-order valence-electron chi connectivity index (χ2n) is 4.10. The van der Waals surface area contributed by atoms with E-state index >= 15 is 0 Å². The first-order chi connectivity index (χ1) is 8.06. The number of nitrogens with one attached hydrogen (secondary N) is 1. The van der Waals surface area contributed by atoms with Crippen molar-refractivity contribution in [1.29, 1.82) is 0 Å². The van der Waals surface area contributed by atoms with E-state index in [0.29, 0.717) is 19.3 Å². The molecule has 1 unspecified atom stereocenters. The highest BCUT2D eigenvalue weighted by molar-refractivity contribution is 6.30. The number of imide groups is 1. The Morgan fingerprint density at radius 3 is 2.82 bits per heavy atom. The van der Waals surface area contributed by atoms with Crippen molar-refractivity contribution in [3.8, 4) is 0 Å². The standard InChI is InChI=1S/C12H11ClFNO2/c13-9-6-7(1-3-10(9)14)5-8-2-4-11(16)15-12(8)17/h1,3,6,8H,2,4-5H2,(H,15,16,17). The summed E-state index contributed by atoms with van der Waals surface area (Å²) in [7, 11) is 0. The van der Waals surface area contributed by atoms with Crippen LogP contribution in [0.25, 0.3) is 0 Å². The van der Waals surface area contributed by atoms with Crippen LogP contribution in [-0.2, 0) is 16.0 Å². The van der Waals surface area contributed by atoms with Gasteiger partial charge in [0.15, 0.2) is 0 Å². The molecule has 1 aliphatic rings. The van der Waals surface area contributed by atoms with Crippen LogP contribution in [0.4, 0.5) is 4.39 Å². The normalized spacial score (nSPS) is 20.2. The van der Waals surface area contributed by atoms with Crippen LogP contribution in [0.1, 0.15) is 18.4 Å². The van der Waals surface area contributed by atoms with Gasteiger partial charge in [0.25, 0.3) is 0 Å². The average molecular weight is 256 g/mol. The first-order valence-electron chi connectivity index (χ1n) is 5.34. The molecule has 3 nitrogen and oxygen atoms in total. The Morgan fingerprint density at radius 2 is 2.18 bits per heavy atom. The Balaban J connectivity index is 2.08. The van der Waals surface area contributed by atoms with Crippen molar-refractivity contribution in [3.05, 3.63) is 34.6 Å². The minimum atomic E-state index is -0.473. The minimum absolute atomic E-state index is 0.0507. The van der Waals surface area contributed by atoms with Crippen LogP contribution in [0.5, 0.6) is 0 Å². The Bertz CT molecular complexity index is 476. The Hall–Kier alpha value is -1.42. The molecular formula is C12H11ClFNO2. The first kappa shape index (κ1) is 12.0. The number of carbonyl (C=O) groups is 2. The summed E-state index contributed by atoms with van der Waals surface area (Å²) in [4.78, 5) is 22.5. The molecule has 2 rings (SSSR count). The van der Waals surface area contributed by atoms with E-state index in [1.54, 1.807) is 6.07 Å². The molecular weight excluding hydrogens is 245 g/mol. The Morgan fingerprint density at radius 1 is 1.41 bits per heavy atom. The van der Waals surface area contributed by atoms with Crippen LogP contribution in [0, 0.1) is 11.7 Å². The van der Waals surface area contributed by atoms with Gasteiger partial charge in [0.1, 0.15) is 5.82 Å². The summed E-state index contributed by atoms with van der Waals surface area (Å²) in [6.07, 6.45) is 1.35. The lowest BCUT2D eigenvalue weighted by Gasteiger charge is -2.20. The molecule has 0 bridgehead atoms. The molecule has 1 atom stereocenters. The molecule has 0 saturated carbocycles. The molecule has 0 aliphatic carbocycles. The van der Waals surface area contributed by atoms with Crippen molar-refractivity contribution in [1.82, 2.24) is 5.32 Å². The molecule has 90 valence electrons. The SMILES string of the molecule is O=C1CCC(Cc2ccc(F)c(Cl)c2)C(=O)N1. The predicted octanol–water partition coefficient (Wildman–Crippen LogP) is 2.07. The van der Waals surface area contributed by atoms with E-state index in [9.17, 15) is 14.0 Å². The zero-order valence-electron chi connectivity index (χ0n) is 9.00. The van der Waals surface area contributed by atoms with Crippen molar-refractivity contribution < 1.29 is 14.0 Å². The maximum absolute atomic E-state index is 12.9. The zero-order chi connectivity index (χ0) is 12.4. The van der Waals surface area contributed by atoms with Crippen molar-refractivity contribution in [2.24, 2.45) is 5.92 Å². The van der Waals surface area contributed by atoms with Gasteiger partial charge in [-0.15, -0.1) is 0 Å². The predicted molar refractivity (Wildman–Crippen MR) is 61.0 cm³/mol. The molecule has 0 radical (unpaired) electrons. The molecule has 1 heterocycles. The fourth-order valence-corrected chi connectivity index (χ4v) is 2.09. The van der Waals surface area contributed by atoms with Gasteiger partial charge in [0.05, 0.1) is 5.02 Å². The molecule has 2 amide bonds. The van der Waals surface area contributed by atoms with Crippen LogP contribution < -0.4 is 5.32 Å². The fourth-order valence-electron chi connectivity index (χ4n) is 1.88.